The Balaban J connectivity index is 1.69. The number of anilines is 1. The molecule has 3 aromatic rings. The first kappa shape index (κ1) is 19.3. The SMILES string of the molecule is CC(C)CCNC(=O)CCN(C)c1ncnc2sc(-c3ccccc3)cc12. The van der Waals surface area contributed by atoms with E-state index in [4.69, 9.17) is 0 Å². The number of nitrogens with zero attached hydrogens (tertiary/aromatic N) is 3. The van der Waals surface area contributed by atoms with Gasteiger partial charge < -0.3 is 10.2 Å². The van der Waals surface area contributed by atoms with Gasteiger partial charge in [-0.25, -0.2) is 9.97 Å². The van der Waals surface area contributed by atoms with Crippen LogP contribution in [0.1, 0.15) is 26.7 Å². The average Bonchev–Trinajstić information content (AvgIpc) is 3.11. The van der Waals surface area contributed by atoms with Crippen molar-refractivity contribution in [3.05, 3.63) is 42.7 Å². The first-order valence-corrected chi connectivity index (χ1v) is 10.1. The molecular weight excluding hydrogens is 356 g/mol. The van der Waals surface area contributed by atoms with Crippen LogP contribution < -0.4 is 10.2 Å². The molecule has 5 nitrogen and oxygen atoms in total. The lowest BCUT2D eigenvalue weighted by Gasteiger charge is -2.18. The predicted octanol–water partition coefficient (Wildman–Crippen LogP) is 4.35. The summed E-state index contributed by atoms with van der Waals surface area (Å²) in [4.78, 5) is 25.1. The van der Waals surface area contributed by atoms with Crippen LogP contribution in [-0.4, -0.2) is 36.0 Å². The van der Waals surface area contributed by atoms with Crippen molar-refractivity contribution in [2.75, 3.05) is 25.0 Å². The van der Waals surface area contributed by atoms with Gasteiger partial charge in [0.05, 0.1) is 5.39 Å². The molecule has 3 rings (SSSR count). The highest BCUT2D eigenvalue weighted by molar-refractivity contribution is 7.21. The van der Waals surface area contributed by atoms with Crippen LogP contribution in [-0.2, 0) is 4.79 Å². The quantitative estimate of drug-likeness (QED) is 0.629. The maximum Gasteiger partial charge on any atom is 0.221 e. The van der Waals surface area contributed by atoms with Gasteiger partial charge in [0.25, 0.3) is 0 Å². The van der Waals surface area contributed by atoms with E-state index in [1.807, 2.05) is 30.1 Å². The Hall–Kier alpha value is -2.47. The Kier molecular flexibility index (Phi) is 6.40. The zero-order valence-corrected chi connectivity index (χ0v) is 16.9. The Labute approximate surface area is 164 Å². The van der Waals surface area contributed by atoms with Gasteiger partial charge in [0.2, 0.25) is 5.91 Å². The van der Waals surface area contributed by atoms with Gasteiger partial charge in [-0.15, -0.1) is 11.3 Å². The molecule has 2 heterocycles. The lowest BCUT2D eigenvalue weighted by Crippen LogP contribution is -2.30. The molecule has 0 aliphatic carbocycles. The van der Waals surface area contributed by atoms with E-state index in [-0.39, 0.29) is 5.91 Å². The van der Waals surface area contributed by atoms with Crippen molar-refractivity contribution in [1.29, 1.82) is 0 Å². The Morgan fingerprint density at radius 2 is 2.00 bits per heavy atom. The fraction of sp³-hybridized carbons (Fsp3) is 0.381. The minimum atomic E-state index is 0.0862. The molecular formula is C21H26N4OS. The lowest BCUT2D eigenvalue weighted by molar-refractivity contribution is -0.120. The van der Waals surface area contributed by atoms with E-state index in [2.05, 4.69) is 47.3 Å². The largest absolute Gasteiger partial charge is 0.359 e. The number of carbonyl (C=O) groups excluding carboxylic acids is 1. The molecule has 0 saturated heterocycles. The summed E-state index contributed by atoms with van der Waals surface area (Å²) in [5.74, 6) is 1.55. The molecule has 0 aliphatic heterocycles. The third kappa shape index (κ3) is 5.04. The molecule has 1 N–H and O–H groups in total. The van der Waals surface area contributed by atoms with Crippen molar-refractivity contribution in [3.63, 3.8) is 0 Å². The van der Waals surface area contributed by atoms with E-state index >= 15 is 0 Å². The molecule has 1 amide bonds. The summed E-state index contributed by atoms with van der Waals surface area (Å²) < 4.78 is 0. The van der Waals surface area contributed by atoms with Crippen LogP contribution in [0.2, 0.25) is 0 Å². The molecule has 0 unspecified atom stereocenters. The number of hydrogen-bond donors (Lipinski definition) is 1. The third-order valence-electron chi connectivity index (χ3n) is 4.45. The van der Waals surface area contributed by atoms with Gasteiger partial charge >= 0.3 is 0 Å². The number of benzene rings is 1. The summed E-state index contributed by atoms with van der Waals surface area (Å²) >= 11 is 1.66. The van der Waals surface area contributed by atoms with Crippen molar-refractivity contribution >= 4 is 33.3 Å². The number of thiophene rings is 1. The zero-order valence-electron chi connectivity index (χ0n) is 16.1. The van der Waals surface area contributed by atoms with E-state index < -0.39 is 0 Å². The molecule has 2 aromatic heterocycles. The second kappa shape index (κ2) is 8.95. The maximum atomic E-state index is 12.0. The van der Waals surface area contributed by atoms with Crippen LogP contribution in [0.4, 0.5) is 5.82 Å². The number of carbonyl (C=O) groups is 1. The van der Waals surface area contributed by atoms with E-state index in [0.29, 0.717) is 18.9 Å². The van der Waals surface area contributed by atoms with Gasteiger partial charge in [0.1, 0.15) is 17.0 Å². The molecule has 0 fully saturated rings. The first-order valence-electron chi connectivity index (χ1n) is 9.32. The Bertz CT molecular complexity index is 892. The minimum Gasteiger partial charge on any atom is -0.359 e. The standard InChI is InChI=1S/C21H26N4OS/c1-15(2)9-11-22-19(26)10-12-25(3)20-17-13-18(16-7-5-4-6-8-16)27-21(17)24-14-23-20/h4-8,13-15H,9-12H2,1-3H3,(H,22,26). The molecule has 0 spiro atoms. The van der Waals surface area contributed by atoms with Crippen molar-refractivity contribution in [3.8, 4) is 10.4 Å². The molecule has 1 aromatic carbocycles. The summed E-state index contributed by atoms with van der Waals surface area (Å²) in [6.07, 6.45) is 3.06. The van der Waals surface area contributed by atoms with Crippen LogP contribution in [0.3, 0.4) is 0 Å². The number of amides is 1. The van der Waals surface area contributed by atoms with Crippen LogP contribution >= 0.6 is 11.3 Å². The van der Waals surface area contributed by atoms with Crippen molar-refractivity contribution in [1.82, 2.24) is 15.3 Å². The second-order valence-corrected chi connectivity index (χ2v) is 8.13. The number of hydrogen-bond acceptors (Lipinski definition) is 5. The molecule has 27 heavy (non-hydrogen) atoms. The van der Waals surface area contributed by atoms with E-state index in [1.165, 1.54) is 10.4 Å². The number of nitrogens with one attached hydrogen (secondary N) is 1. The molecule has 142 valence electrons. The van der Waals surface area contributed by atoms with Crippen LogP contribution in [0.15, 0.2) is 42.7 Å². The molecule has 0 radical (unpaired) electrons. The van der Waals surface area contributed by atoms with Gasteiger partial charge in [-0.2, -0.15) is 0 Å². The van der Waals surface area contributed by atoms with Gasteiger partial charge in [-0.05, 0) is 24.0 Å². The van der Waals surface area contributed by atoms with Crippen LogP contribution in [0.25, 0.3) is 20.7 Å². The average molecular weight is 383 g/mol. The number of rotatable bonds is 8. The van der Waals surface area contributed by atoms with Gasteiger partial charge in [-0.3, -0.25) is 4.79 Å². The molecule has 0 aliphatic rings. The van der Waals surface area contributed by atoms with Gasteiger partial charge in [-0.1, -0.05) is 44.2 Å². The lowest BCUT2D eigenvalue weighted by atomic mass is 10.1. The van der Waals surface area contributed by atoms with Gasteiger partial charge in [0.15, 0.2) is 0 Å². The molecule has 0 saturated carbocycles. The summed E-state index contributed by atoms with van der Waals surface area (Å²) in [7, 11) is 1.98. The monoisotopic (exact) mass is 382 g/mol. The number of aromatic nitrogens is 2. The van der Waals surface area contributed by atoms with Crippen LogP contribution in [0, 0.1) is 5.92 Å². The Morgan fingerprint density at radius 3 is 2.74 bits per heavy atom. The molecule has 0 atom stereocenters. The number of fused-ring (bicyclic) bond motifs is 1. The van der Waals surface area contributed by atoms with Gasteiger partial charge in [0, 0.05) is 31.4 Å². The second-order valence-electron chi connectivity index (χ2n) is 7.10. The summed E-state index contributed by atoms with van der Waals surface area (Å²) in [6.45, 7) is 5.68. The summed E-state index contributed by atoms with van der Waals surface area (Å²) in [5.41, 5.74) is 1.18. The van der Waals surface area contributed by atoms with Crippen molar-refractivity contribution < 1.29 is 4.79 Å². The highest BCUT2D eigenvalue weighted by Gasteiger charge is 2.14. The topological polar surface area (TPSA) is 58.1 Å². The highest BCUT2D eigenvalue weighted by atomic mass is 32.1. The Morgan fingerprint density at radius 1 is 1.22 bits per heavy atom. The maximum absolute atomic E-state index is 12.0. The molecule has 0 bridgehead atoms. The van der Waals surface area contributed by atoms with Crippen molar-refractivity contribution in [2.24, 2.45) is 5.92 Å². The molecule has 6 heteroatoms. The highest BCUT2D eigenvalue weighted by Crippen LogP contribution is 2.35. The third-order valence-corrected chi connectivity index (χ3v) is 5.54. The zero-order chi connectivity index (χ0) is 19.2. The van der Waals surface area contributed by atoms with Crippen LogP contribution in [0.5, 0.6) is 0 Å². The fourth-order valence-corrected chi connectivity index (χ4v) is 3.85. The minimum absolute atomic E-state index is 0.0862. The summed E-state index contributed by atoms with van der Waals surface area (Å²) in [6, 6.07) is 12.4. The van der Waals surface area contributed by atoms with E-state index in [1.54, 1.807) is 17.7 Å². The van der Waals surface area contributed by atoms with E-state index in [0.717, 1.165) is 29.0 Å². The smallest absolute Gasteiger partial charge is 0.221 e. The van der Waals surface area contributed by atoms with E-state index in [9.17, 15) is 4.79 Å². The normalized spacial score (nSPS) is 11.1. The summed E-state index contributed by atoms with van der Waals surface area (Å²) in [5, 5.41) is 4.02. The first-order chi connectivity index (χ1) is 13.0. The fourth-order valence-electron chi connectivity index (χ4n) is 2.86. The van der Waals surface area contributed by atoms with Crippen molar-refractivity contribution in [2.45, 2.75) is 26.7 Å². The predicted molar refractivity (Wildman–Crippen MR) is 113 cm³/mol.